The van der Waals surface area contributed by atoms with Gasteiger partial charge in [0.25, 0.3) is 0 Å². The molecule has 0 bridgehead atoms. The minimum absolute atomic E-state index is 0.121. The van der Waals surface area contributed by atoms with Crippen molar-refractivity contribution < 1.29 is 9.32 Å². The van der Waals surface area contributed by atoms with E-state index in [4.69, 9.17) is 10.3 Å². The Labute approximate surface area is 153 Å². The van der Waals surface area contributed by atoms with Crippen LogP contribution in [-0.2, 0) is 4.79 Å². The van der Waals surface area contributed by atoms with Gasteiger partial charge >= 0.3 is 0 Å². The van der Waals surface area contributed by atoms with E-state index in [-0.39, 0.29) is 11.8 Å². The summed E-state index contributed by atoms with van der Waals surface area (Å²) in [6, 6.07) is 5.62. The summed E-state index contributed by atoms with van der Waals surface area (Å²) >= 11 is 0. The number of amides is 1. The molecule has 0 spiro atoms. The molecule has 2 N–H and O–H groups in total. The maximum absolute atomic E-state index is 12.8. The summed E-state index contributed by atoms with van der Waals surface area (Å²) < 4.78 is 5.46. The summed E-state index contributed by atoms with van der Waals surface area (Å²) in [5.74, 6) is 1.46. The average Bonchev–Trinajstić information content (AvgIpc) is 3.19. The fourth-order valence-electron chi connectivity index (χ4n) is 4.04. The van der Waals surface area contributed by atoms with Crippen LogP contribution in [0.1, 0.15) is 56.8 Å². The predicted octanol–water partition coefficient (Wildman–Crippen LogP) is 2.50. The number of likely N-dealkylation sites (tertiary alicyclic amines) is 1. The van der Waals surface area contributed by atoms with Gasteiger partial charge in [-0.25, -0.2) is 0 Å². The molecule has 1 aliphatic heterocycles. The lowest BCUT2D eigenvalue weighted by atomic mass is 9.81. The molecule has 26 heavy (non-hydrogen) atoms. The second-order valence-corrected chi connectivity index (χ2v) is 7.45. The lowest BCUT2D eigenvalue weighted by Crippen LogP contribution is -2.57. The van der Waals surface area contributed by atoms with Gasteiger partial charge in [0.1, 0.15) is 5.69 Å². The third kappa shape index (κ3) is 3.35. The Morgan fingerprint density at radius 1 is 1.19 bits per heavy atom. The van der Waals surface area contributed by atoms with Crippen LogP contribution < -0.4 is 5.73 Å². The Hall–Kier alpha value is -2.28. The number of carbonyl (C=O) groups excluding carboxylic acids is 1. The minimum Gasteiger partial charge on any atom is -0.341 e. The van der Waals surface area contributed by atoms with Gasteiger partial charge < -0.3 is 15.2 Å². The van der Waals surface area contributed by atoms with Crippen molar-refractivity contribution in [1.29, 1.82) is 0 Å². The van der Waals surface area contributed by atoms with E-state index in [1.54, 1.807) is 6.20 Å². The zero-order valence-electron chi connectivity index (χ0n) is 14.9. The van der Waals surface area contributed by atoms with E-state index in [1.807, 2.05) is 23.1 Å². The van der Waals surface area contributed by atoms with Gasteiger partial charge in [-0.15, -0.1) is 0 Å². The molecule has 4 rings (SSSR count). The molecule has 0 radical (unpaired) electrons. The zero-order valence-corrected chi connectivity index (χ0v) is 14.9. The number of carbonyl (C=O) groups is 1. The molecule has 3 heterocycles. The minimum atomic E-state index is -0.651. The molecule has 7 heteroatoms. The Morgan fingerprint density at radius 3 is 2.65 bits per heavy atom. The van der Waals surface area contributed by atoms with E-state index in [9.17, 15) is 4.79 Å². The molecule has 2 fully saturated rings. The molecule has 0 aromatic carbocycles. The number of rotatable bonds is 3. The van der Waals surface area contributed by atoms with Crippen LogP contribution in [0.5, 0.6) is 0 Å². The van der Waals surface area contributed by atoms with E-state index in [2.05, 4.69) is 15.1 Å². The highest BCUT2D eigenvalue weighted by Gasteiger charge is 2.39. The number of hydrogen-bond donors (Lipinski definition) is 1. The van der Waals surface area contributed by atoms with Crippen LogP contribution in [-0.4, -0.2) is 44.6 Å². The number of nitrogens with zero attached hydrogens (tertiary/aromatic N) is 4. The van der Waals surface area contributed by atoms with Crippen molar-refractivity contribution in [1.82, 2.24) is 20.0 Å². The lowest BCUT2D eigenvalue weighted by Gasteiger charge is -2.39. The van der Waals surface area contributed by atoms with E-state index >= 15 is 0 Å². The van der Waals surface area contributed by atoms with Gasteiger partial charge in [0, 0.05) is 25.2 Å². The molecular formula is C19H25N5O2. The molecule has 2 aromatic rings. The Bertz CT molecular complexity index is 746. The van der Waals surface area contributed by atoms with Gasteiger partial charge in [-0.2, -0.15) is 4.98 Å². The summed E-state index contributed by atoms with van der Waals surface area (Å²) in [5, 5.41) is 4.05. The van der Waals surface area contributed by atoms with E-state index in [0.29, 0.717) is 30.5 Å². The molecule has 7 nitrogen and oxygen atoms in total. The number of pyridine rings is 1. The van der Waals surface area contributed by atoms with Gasteiger partial charge in [-0.3, -0.25) is 9.78 Å². The van der Waals surface area contributed by atoms with Gasteiger partial charge in [0.05, 0.1) is 5.54 Å². The van der Waals surface area contributed by atoms with Gasteiger partial charge in [-0.1, -0.05) is 30.5 Å². The molecule has 0 unspecified atom stereocenters. The smallest absolute Gasteiger partial charge is 0.242 e. The fraction of sp³-hybridized carbons (Fsp3) is 0.579. The highest BCUT2D eigenvalue weighted by atomic mass is 16.5. The molecule has 1 saturated heterocycles. The lowest BCUT2D eigenvalue weighted by molar-refractivity contribution is -0.139. The number of nitrogens with two attached hydrogens (primary N) is 1. The maximum atomic E-state index is 12.8. The molecule has 138 valence electrons. The van der Waals surface area contributed by atoms with Gasteiger partial charge in [-0.05, 0) is 37.8 Å². The van der Waals surface area contributed by atoms with Crippen molar-refractivity contribution in [2.24, 2.45) is 5.73 Å². The monoisotopic (exact) mass is 355 g/mol. The van der Waals surface area contributed by atoms with Crippen molar-refractivity contribution in [3.05, 3.63) is 30.3 Å². The van der Waals surface area contributed by atoms with Crippen molar-refractivity contribution in [3.8, 4) is 11.5 Å². The first kappa shape index (κ1) is 17.1. The SMILES string of the molecule is NC1(C(=O)N2CCC(c3nc(-c4ccccn4)no3)CC2)CCCCC1. The molecule has 0 atom stereocenters. The van der Waals surface area contributed by atoms with Crippen LogP contribution in [0.4, 0.5) is 0 Å². The summed E-state index contributed by atoms with van der Waals surface area (Å²) in [4.78, 5) is 23.5. The van der Waals surface area contributed by atoms with Crippen LogP contribution in [0, 0.1) is 0 Å². The average molecular weight is 355 g/mol. The van der Waals surface area contributed by atoms with E-state index in [1.165, 1.54) is 6.42 Å². The summed E-state index contributed by atoms with van der Waals surface area (Å²) in [7, 11) is 0. The Balaban J connectivity index is 1.38. The van der Waals surface area contributed by atoms with Crippen LogP contribution in [0.3, 0.4) is 0 Å². The predicted molar refractivity (Wildman–Crippen MR) is 96.1 cm³/mol. The van der Waals surface area contributed by atoms with Crippen molar-refractivity contribution in [2.75, 3.05) is 13.1 Å². The second kappa shape index (κ2) is 7.15. The van der Waals surface area contributed by atoms with Gasteiger partial charge in [0.2, 0.25) is 17.6 Å². The fourth-order valence-corrected chi connectivity index (χ4v) is 4.04. The molecule has 2 aliphatic rings. The first-order valence-electron chi connectivity index (χ1n) is 9.49. The summed E-state index contributed by atoms with van der Waals surface area (Å²) in [6.07, 6.45) is 8.27. The van der Waals surface area contributed by atoms with E-state index < -0.39 is 5.54 Å². The highest BCUT2D eigenvalue weighted by molar-refractivity contribution is 5.86. The van der Waals surface area contributed by atoms with Crippen LogP contribution in [0.2, 0.25) is 0 Å². The topological polar surface area (TPSA) is 98.1 Å². The van der Waals surface area contributed by atoms with E-state index in [0.717, 1.165) is 38.5 Å². The normalized spacial score (nSPS) is 20.9. The number of hydrogen-bond acceptors (Lipinski definition) is 6. The third-order valence-corrected chi connectivity index (χ3v) is 5.64. The van der Waals surface area contributed by atoms with Crippen molar-refractivity contribution in [3.63, 3.8) is 0 Å². The van der Waals surface area contributed by atoms with Crippen molar-refractivity contribution >= 4 is 5.91 Å². The third-order valence-electron chi connectivity index (χ3n) is 5.64. The maximum Gasteiger partial charge on any atom is 0.242 e. The van der Waals surface area contributed by atoms with Crippen molar-refractivity contribution in [2.45, 2.75) is 56.4 Å². The number of piperidine rings is 1. The van der Waals surface area contributed by atoms with Crippen LogP contribution in [0.25, 0.3) is 11.5 Å². The highest BCUT2D eigenvalue weighted by Crippen LogP contribution is 2.32. The van der Waals surface area contributed by atoms with Gasteiger partial charge in [0.15, 0.2) is 0 Å². The molecule has 1 aliphatic carbocycles. The molecular weight excluding hydrogens is 330 g/mol. The Morgan fingerprint density at radius 2 is 1.96 bits per heavy atom. The quantitative estimate of drug-likeness (QED) is 0.908. The zero-order chi connectivity index (χ0) is 18.0. The van der Waals surface area contributed by atoms with Crippen LogP contribution in [0.15, 0.2) is 28.9 Å². The summed E-state index contributed by atoms with van der Waals surface area (Å²) in [6.45, 7) is 1.40. The first-order valence-corrected chi connectivity index (χ1v) is 9.49. The molecule has 1 saturated carbocycles. The van der Waals surface area contributed by atoms with Crippen LogP contribution >= 0.6 is 0 Å². The second-order valence-electron chi connectivity index (χ2n) is 7.45. The number of aromatic nitrogens is 3. The summed E-state index contributed by atoms with van der Waals surface area (Å²) in [5.41, 5.74) is 6.46. The largest absolute Gasteiger partial charge is 0.341 e. The molecule has 2 aromatic heterocycles. The first-order chi connectivity index (χ1) is 12.7. The molecule has 1 amide bonds. The standard InChI is InChI=1S/C19H25N5O2/c20-19(9-3-1-4-10-19)18(25)24-12-7-14(8-13-24)17-22-16(23-26-17)15-6-2-5-11-21-15/h2,5-6,11,14H,1,3-4,7-10,12-13,20H2. The Kier molecular flexibility index (Phi) is 4.72.